The number of aromatic nitrogens is 4. The van der Waals surface area contributed by atoms with Gasteiger partial charge in [-0.15, -0.1) is 0 Å². The van der Waals surface area contributed by atoms with E-state index in [0.717, 1.165) is 67.6 Å². The Morgan fingerprint density at radius 3 is 2.75 bits per heavy atom. The molecule has 3 aromatic heterocycles. The highest BCUT2D eigenvalue weighted by atomic mass is 16.5. The lowest BCUT2D eigenvalue weighted by Gasteiger charge is -2.26. The van der Waals surface area contributed by atoms with E-state index in [2.05, 4.69) is 25.3 Å². The van der Waals surface area contributed by atoms with Crippen LogP contribution in [0, 0.1) is 13.8 Å². The van der Waals surface area contributed by atoms with E-state index in [1.807, 2.05) is 32.0 Å². The highest BCUT2D eigenvalue weighted by Gasteiger charge is 2.17. The van der Waals surface area contributed by atoms with E-state index >= 15 is 0 Å². The number of ether oxygens (including phenoxy) is 1. The van der Waals surface area contributed by atoms with Gasteiger partial charge in [-0.1, -0.05) is 5.16 Å². The molecule has 8 nitrogen and oxygen atoms in total. The molecule has 8 heteroatoms. The van der Waals surface area contributed by atoms with Gasteiger partial charge in [-0.05, 0) is 26.0 Å². The van der Waals surface area contributed by atoms with Crippen LogP contribution >= 0.6 is 0 Å². The van der Waals surface area contributed by atoms with E-state index in [-0.39, 0.29) is 0 Å². The maximum atomic E-state index is 5.46. The van der Waals surface area contributed by atoms with Gasteiger partial charge in [-0.3, -0.25) is 9.88 Å². The topological polar surface area (TPSA) is 89.2 Å². The fourth-order valence-electron chi connectivity index (χ4n) is 3.23. The average molecular weight is 380 g/mol. The Morgan fingerprint density at radius 2 is 2.00 bits per heavy atom. The Kier molecular flexibility index (Phi) is 5.59. The summed E-state index contributed by atoms with van der Waals surface area (Å²) in [7, 11) is 0. The SMILES string of the molecule is Cc1cc(-c2cnc(NCCN3CCOCC3)nc2-c2cccnc2C)on1. The van der Waals surface area contributed by atoms with E-state index in [1.54, 1.807) is 12.4 Å². The number of hydrogen-bond donors (Lipinski definition) is 1. The molecule has 1 aliphatic heterocycles. The quantitative estimate of drug-likeness (QED) is 0.698. The molecule has 4 heterocycles. The molecule has 0 atom stereocenters. The average Bonchev–Trinajstić information content (AvgIpc) is 3.15. The molecule has 1 saturated heterocycles. The highest BCUT2D eigenvalue weighted by molar-refractivity contribution is 5.79. The first kappa shape index (κ1) is 18.5. The molecule has 0 aromatic carbocycles. The van der Waals surface area contributed by atoms with Gasteiger partial charge in [-0.2, -0.15) is 0 Å². The van der Waals surface area contributed by atoms with Crippen molar-refractivity contribution in [3.63, 3.8) is 0 Å². The van der Waals surface area contributed by atoms with Gasteiger partial charge in [-0.25, -0.2) is 9.97 Å². The molecular weight excluding hydrogens is 356 g/mol. The van der Waals surface area contributed by atoms with Crippen molar-refractivity contribution >= 4 is 5.95 Å². The van der Waals surface area contributed by atoms with Gasteiger partial charge >= 0.3 is 0 Å². The van der Waals surface area contributed by atoms with Crippen molar-refractivity contribution in [1.82, 2.24) is 25.0 Å². The van der Waals surface area contributed by atoms with Gasteiger partial charge < -0.3 is 14.6 Å². The molecule has 28 heavy (non-hydrogen) atoms. The molecule has 0 radical (unpaired) electrons. The van der Waals surface area contributed by atoms with Crippen molar-refractivity contribution < 1.29 is 9.26 Å². The second kappa shape index (κ2) is 8.45. The Balaban J connectivity index is 1.59. The normalized spacial score (nSPS) is 14.9. The van der Waals surface area contributed by atoms with Gasteiger partial charge in [0.15, 0.2) is 5.76 Å². The molecule has 1 N–H and O–H groups in total. The minimum absolute atomic E-state index is 0.589. The Morgan fingerprint density at radius 1 is 1.14 bits per heavy atom. The molecule has 0 bridgehead atoms. The van der Waals surface area contributed by atoms with Crippen molar-refractivity contribution in [1.29, 1.82) is 0 Å². The van der Waals surface area contributed by atoms with Crippen LogP contribution in [0.2, 0.25) is 0 Å². The third-order valence-corrected chi connectivity index (χ3v) is 4.76. The van der Waals surface area contributed by atoms with Crippen LogP contribution in [0.3, 0.4) is 0 Å². The van der Waals surface area contributed by atoms with E-state index in [1.165, 1.54) is 0 Å². The van der Waals surface area contributed by atoms with Gasteiger partial charge in [0.1, 0.15) is 0 Å². The van der Waals surface area contributed by atoms with E-state index in [9.17, 15) is 0 Å². The number of anilines is 1. The maximum Gasteiger partial charge on any atom is 0.223 e. The van der Waals surface area contributed by atoms with Gasteiger partial charge in [0, 0.05) is 55.9 Å². The van der Waals surface area contributed by atoms with Crippen molar-refractivity contribution in [2.24, 2.45) is 0 Å². The van der Waals surface area contributed by atoms with Gasteiger partial charge in [0.05, 0.1) is 30.2 Å². The predicted molar refractivity (Wildman–Crippen MR) is 106 cm³/mol. The summed E-state index contributed by atoms with van der Waals surface area (Å²) in [6, 6.07) is 5.81. The standard InChI is InChI=1S/C20H24N6O2/c1-14-12-18(28-25-14)17-13-23-20(22-6-7-26-8-10-27-11-9-26)24-19(17)16-4-3-5-21-15(16)2/h3-5,12-13H,6-11H2,1-2H3,(H,22,23,24). The van der Waals surface area contributed by atoms with Crippen LogP contribution < -0.4 is 5.32 Å². The largest absolute Gasteiger partial charge is 0.379 e. The van der Waals surface area contributed by atoms with Crippen LogP contribution in [0.1, 0.15) is 11.4 Å². The molecule has 4 rings (SSSR count). The number of hydrogen-bond acceptors (Lipinski definition) is 8. The predicted octanol–water partition coefficient (Wildman–Crippen LogP) is 2.55. The summed E-state index contributed by atoms with van der Waals surface area (Å²) in [5.41, 5.74) is 4.25. The fraction of sp³-hybridized carbons (Fsp3) is 0.400. The van der Waals surface area contributed by atoms with Crippen LogP contribution in [0.5, 0.6) is 0 Å². The zero-order chi connectivity index (χ0) is 19.3. The summed E-state index contributed by atoms with van der Waals surface area (Å²) in [6.45, 7) is 9.09. The molecule has 0 aliphatic carbocycles. The van der Waals surface area contributed by atoms with E-state index in [4.69, 9.17) is 14.2 Å². The Hall–Kier alpha value is -2.84. The third kappa shape index (κ3) is 4.18. The number of nitrogens with zero attached hydrogens (tertiary/aromatic N) is 5. The molecule has 146 valence electrons. The zero-order valence-electron chi connectivity index (χ0n) is 16.2. The molecular formula is C20H24N6O2. The summed E-state index contributed by atoms with van der Waals surface area (Å²) in [4.78, 5) is 16.0. The maximum absolute atomic E-state index is 5.46. The lowest BCUT2D eigenvalue weighted by atomic mass is 10.0. The van der Waals surface area contributed by atoms with Gasteiger partial charge in [0.25, 0.3) is 0 Å². The Bertz CT molecular complexity index is 936. The summed E-state index contributed by atoms with van der Waals surface area (Å²) >= 11 is 0. The minimum Gasteiger partial charge on any atom is -0.379 e. The first-order chi connectivity index (χ1) is 13.7. The van der Waals surface area contributed by atoms with Crippen LogP contribution in [-0.2, 0) is 4.74 Å². The van der Waals surface area contributed by atoms with Crippen LogP contribution in [-0.4, -0.2) is 64.4 Å². The molecule has 3 aromatic rings. The second-order valence-corrected chi connectivity index (χ2v) is 6.81. The smallest absolute Gasteiger partial charge is 0.223 e. The van der Waals surface area contributed by atoms with Crippen LogP contribution in [0.4, 0.5) is 5.95 Å². The number of nitrogens with one attached hydrogen (secondary N) is 1. The number of rotatable bonds is 6. The summed E-state index contributed by atoms with van der Waals surface area (Å²) in [5.74, 6) is 1.24. The number of morpholine rings is 1. The molecule has 0 unspecified atom stereocenters. The van der Waals surface area contributed by atoms with E-state index < -0.39 is 0 Å². The van der Waals surface area contributed by atoms with Crippen molar-refractivity contribution in [3.05, 3.63) is 42.0 Å². The zero-order valence-corrected chi connectivity index (χ0v) is 16.2. The van der Waals surface area contributed by atoms with Crippen LogP contribution in [0.25, 0.3) is 22.6 Å². The second-order valence-electron chi connectivity index (χ2n) is 6.81. The summed E-state index contributed by atoms with van der Waals surface area (Å²) in [5, 5.41) is 7.33. The molecule has 1 aliphatic rings. The minimum atomic E-state index is 0.589. The molecule has 0 amide bonds. The van der Waals surface area contributed by atoms with Crippen molar-refractivity contribution in [2.75, 3.05) is 44.7 Å². The van der Waals surface area contributed by atoms with Crippen molar-refractivity contribution in [3.8, 4) is 22.6 Å². The summed E-state index contributed by atoms with van der Waals surface area (Å²) in [6.07, 6.45) is 3.56. The van der Waals surface area contributed by atoms with Crippen LogP contribution in [0.15, 0.2) is 35.1 Å². The first-order valence-corrected chi connectivity index (χ1v) is 9.47. The van der Waals surface area contributed by atoms with Gasteiger partial charge in [0.2, 0.25) is 5.95 Å². The highest BCUT2D eigenvalue weighted by Crippen LogP contribution is 2.32. The lowest BCUT2D eigenvalue weighted by molar-refractivity contribution is 0.0398. The molecule has 0 spiro atoms. The molecule has 0 saturated carbocycles. The fourth-order valence-corrected chi connectivity index (χ4v) is 3.23. The number of pyridine rings is 1. The van der Waals surface area contributed by atoms with Crippen molar-refractivity contribution in [2.45, 2.75) is 13.8 Å². The monoisotopic (exact) mass is 380 g/mol. The molecule has 1 fully saturated rings. The Labute approximate surface area is 164 Å². The third-order valence-electron chi connectivity index (χ3n) is 4.76. The number of aryl methyl sites for hydroxylation is 2. The summed E-state index contributed by atoms with van der Waals surface area (Å²) < 4.78 is 10.9. The lowest BCUT2D eigenvalue weighted by Crippen LogP contribution is -2.39. The first-order valence-electron chi connectivity index (χ1n) is 9.47. The van der Waals surface area contributed by atoms with E-state index in [0.29, 0.717) is 11.7 Å².